The molecule has 1 fully saturated rings. The lowest BCUT2D eigenvalue weighted by Gasteiger charge is -2.37. The maximum absolute atomic E-state index is 15.5. The van der Waals surface area contributed by atoms with Crippen LogP contribution in [0.4, 0.5) is 15.8 Å². The number of likely N-dealkylation sites (N-methyl/N-ethyl adjacent to an activating group) is 1. The summed E-state index contributed by atoms with van der Waals surface area (Å²) in [6.07, 6.45) is 0.657. The molecule has 37 heavy (non-hydrogen) atoms. The molecule has 2 aliphatic heterocycles. The minimum atomic E-state index is -0.862. The number of carbonyl (C=O) groups excluding carboxylic acids is 1. The van der Waals surface area contributed by atoms with Crippen LogP contribution in [0.3, 0.4) is 0 Å². The average Bonchev–Trinajstić information content (AvgIpc) is 2.90. The van der Waals surface area contributed by atoms with Gasteiger partial charge in [-0.2, -0.15) is 0 Å². The second-order valence-corrected chi connectivity index (χ2v) is 9.56. The minimum absolute atomic E-state index is 0.101. The molecule has 0 bridgehead atoms. The molecule has 0 aliphatic carbocycles. The lowest BCUT2D eigenvalue weighted by molar-refractivity contribution is 0.0960. The molecule has 1 saturated heterocycles. The summed E-state index contributed by atoms with van der Waals surface area (Å²) < 4.78 is 23.3. The Labute approximate surface area is 213 Å². The zero-order valence-electron chi connectivity index (χ0n) is 21.0. The number of aromatic nitrogens is 1. The van der Waals surface area contributed by atoms with Crippen LogP contribution < -0.4 is 31.2 Å². The average molecular weight is 511 g/mol. The Balaban J connectivity index is 1.50. The third kappa shape index (κ3) is 4.61. The van der Waals surface area contributed by atoms with E-state index in [1.54, 1.807) is 31.3 Å². The summed E-state index contributed by atoms with van der Waals surface area (Å²) in [5.74, 6) is -0.848. The van der Waals surface area contributed by atoms with E-state index in [0.717, 1.165) is 13.1 Å². The van der Waals surface area contributed by atoms with Crippen molar-refractivity contribution in [1.82, 2.24) is 20.2 Å². The summed E-state index contributed by atoms with van der Waals surface area (Å²) in [6, 6.07) is 7.90. The molecule has 1 aromatic heterocycles. The zero-order chi connectivity index (χ0) is 26.3. The van der Waals surface area contributed by atoms with Crippen LogP contribution in [0.2, 0.25) is 0 Å². The monoisotopic (exact) mass is 510 g/mol. The standard InChI is InChI=1S/C26H31FN6O4/c1-15-14-37-24-21-18(12-20(27)22(24)32-9-7-31(3)8-10-32)23(34)19(13-33(15)21)26(36)30-29-17-6-4-5-16(11-17)25(35)28-2/h4-6,11-13,15,25,28-29,35H,7-10,14H2,1-3H3,(H,30,36). The largest absolute Gasteiger partial charge is 0.487 e. The maximum Gasteiger partial charge on any atom is 0.275 e. The predicted molar refractivity (Wildman–Crippen MR) is 140 cm³/mol. The van der Waals surface area contributed by atoms with Crippen molar-refractivity contribution in [2.24, 2.45) is 0 Å². The molecule has 11 heteroatoms. The number of pyridine rings is 1. The number of hydrazine groups is 1. The molecule has 10 nitrogen and oxygen atoms in total. The lowest BCUT2D eigenvalue weighted by atomic mass is 10.0. The molecule has 2 aromatic carbocycles. The number of hydrogen-bond donors (Lipinski definition) is 4. The number of nitrogens with one attached hydrogen (secondary N) is 3. The molecule has 0 radical (unpaired) electrons. The topological polar surface area (TPSA) is 111 Å². The zero-order valence-corrected chi connectivity index (χ0v) is 21.0. The molecule has 196 valence electrons. The fraction of sp³-hybridized carbons (Fsp3) is 0.385. The van der Waals surface area contributed by atoms with Crippen LogP contribution in [0, 0.1) is 5.82 Å². The molecular weight excluding hydrogens is 479 g/mol. The van der Waals surface area contributed by atoms with Crippen molar-refractivity contribution in [3.63, 3.8) is 0 Å². The number of hydrogen-bond acceptors (Lipinski definition) is 8. The van der Waals surface area contributed by atoms with Crippen molar-refractivity contribution in [1.29, 1.82) is 0 Å². The first-order valence-corrected chi connectivity index (χ1v) is 12.3. The smallest absolute Gasteiger partial charge is 0.275 e. The minimum Gasteiger partial charge on any atom is -0.487 e. The molecule has 2 atom stereocenters. The Morgan fingerprint density at radius 3 is 2.70 bits per heavy atom. The molecule has 0 spiro atoms. The van der Waals surface area contributed by atoms with Crippen LogP contribution in [-0.2, 0) is 0 Å². The van der Waals surface area contributed by atoms with Crippen molar-refractivity contribution in [2.45, 2.75) is 19.2 Å². The van der Waals surface area contributed by atoms with Crippen LogP contribution in [-0.4, -0.2) is 67.4 Å². The van der Waals surface area contributed by atoms with Gasteiger partial charge in [-0.1, -0.05) is 12.1 Å². The molecular formula is C26H31FN6O4. The lowest BCUT2D eigenvalue weighted by Crippen LogP contribution is -2.45. The normalized spacial score (nSPS) is 18.4. The van der Waals surface area contributed by atoms with Gasteiger partial charge in [-0.15, -0.1) is 0 Å². The number of rotatable bonds is 6. The highest BCUT2D eigenvalue weighted by Crippen LogP contribution is 2.42. The van der Waals surface area contributed by atoms with Gasteiger partial charge in [-0.25, -0.2) is 4.39 Å². The van der Waals surface area contributed by atoms with Crippen molar-refractivity contribution in [2.75, 3.05) is 57.2 Å². The van der Waals surface area contributed by atoms with Gasteiger partial charge in [0.1, 0.15) is 24.1 Å². The molecule has 5 rings (SSSR count). The molecule has 3 aromatic rings. The molecule has 1 amide bonds. The Bertz CT molecular complexity index is 1400. The highest BCUT2D eigenvalue weighted by atomic mass is 19.1. The van der Waals surface area contributed by atoms with Crippen LogP contribution >= 0.6 is 0 Å². The fourth-order valence-electron chi connectivity index (χ4n) is 4.85. The van der Waals surface area contributed by atoms with E-state index < -0.39 is 23.4 Å². The Morgan fingerprint density at radius 1 is 1.22 bits per heavy atom. The third-order valence-electron chi connectivity index (χ3n) is 7.00. The Kier molecular flexibility index (Phi) is 6.76. The quantitative estimate of drug-likeness (QED) is 0.294. The molecule has 2 aliphatic rings. The summed E-state index contributed by atoms with van der Waals surface area (Å²) in [5, 5.41) is 12.8. The second kappa shape index (κ2) is 10.0. The van der Waals surface area contributed by atoms with E-state index in [-0.39, 0.29) is 23.6 Å². The number of ether oxygens (including phenoxy) is 1. The Morgan fingerprint density at radius 2 is 1.97 bits per heavy atom. The summed E-state index contributed by atoms with van der Waals surface area (Å²) >= 11 is 0. The highest BCUT2D eigenvalue weighted by Gasteiger charge is 2.31. The van der Waals surface area contributed by atoms with Gasteiger partial charge in [-0.3, -0.25) is 25.8 Å². The van der Waals surface area contributed by atoms with Crippen LogP contribution in [0.1, 0.15) is 35.1 Å². The number of aliphatic hydroxyl groups is 1. The number of carbonyl (C=O) groups is 1. The van der Waals surface area contributed by atoms with Crippen molar-refractivity contribution in [3.05, 3.63) is 63.7 Å². The van der Waals surface area contributed by atoms with Crippen LogP contribution in [0.5, 0.6) is 5.75 Å². The first kappa shape index (κ1) is 25.0. The molecule has 3 heterocycles. The van der Waals surface area contributed by atoms with Crippen LogP contribution in [0.25, 0.3) is 10.9 Å². The van der Waals surface area contributed by atoms with Crippen molar-refractivity contribution >= 4 is 28.2 Å². The molecule has 4 N–H and O–H groups in total. The number of halogens is 1. The van der Waals surface area contributed by atoms with Gasteiger partial charge in [0, 0.05) is 32.4 Å². The maximum atomic E-state index is 15.5. The number of aliphatic hydroxyl groups excluding tert-OH is 1. The van der Waals surface area contributed by atoms with Gasteiger partial charge >= 0.3 is 0 Å². The number of piperazine rings is 1. The Hall–Kier alpha value is -3.67. The number of benzene rings is 2. The second-order valence-electron chi connectivity index (χ2n) is 9.56. The van der Waals surface area contributed by atoms with E-state index in [0.29, 0.717) is 41.3 Å². The van der Waals surface area contributed by atoms with E-state index in [2.05, 4.69) is 21.1 Å². The van der Waals surface area contributed by atoms with Gasteiger partial charge in [-0.05, 0) is 44.8 Å². The van der Waals surface area contributed by atoms with Gasteiger partial charge < -0.3 is 24.2 Å². The highest BCUT2D eigenvalue weighted by molar-refractivity contribution is 6.00. The third-order valence-corrected chi connectivity index (χ3v) is 7.00. The van der Waals surface area contributed by atoms with E-state index in [1.165, 1.54) is 12.3 Å². The van der Waals surface area contributed by atoms with Gasteiger partial charge in [0.2, 0.25) is 5.43 Å². The van der Waals surface area contributed by atoms with E-state index in [9.17, 15) is 14.7 Å². The SMILES string of the molecule is CNC(O)c1cccc(NNC(=O)c2cn3c4c(c(N5CCN(C)CC5)c(F)cc4c2=O)OCC3C)c1. The number of nitrogens with zero attached hydrogens (tertiary/aromatic N) is 3. The van der Waals surface area contributed by atoms with E-state index in [4.69, 9.17) is 4.74 Å². The van der Waals surface area contributed by atoms with Gasteiger partial charge in [0.15, 0.2) is 11.6 Å². The van der Waals surface area contributed by atoms with Gasteiger partial charge in [0.25, 0.3) is 5.91 Å². The first-order chi connectivity index (χ1) is 17.8. The summed E-state index contributed by atoms with van der Waals surface area (Å²) in [6.45, 7) is 5.09. The summed E-state index contributed by atoms with van der Waals surface area (Å²) in [5.41, 5.74) is 6.62. The summed E-state index contributed by atoms with van der Waals surface area (Å²) in [7, 11) is 3.65. The predicted octanol–water partition coefficient (Wildman–Crippen LogP) is 1.81. The van der Waals surface area contributed by atoms with E-state index in [1.807, 2.05) is 23.4 Å². The molecule has 0 saturated carbocycles. The number of amides is 1. The van der Waals surface area contributed by atoms with Crippen molar-refractivity contribution in [3.8, 4) is 5.75 Å². The summed E-state index contributed by atoms with van der Waals surface area (Å²) in [4.78, 5) is 30.6. The van der Waals surface area contributed by atoms with Crippen molar-refractivity contribution < 1.29 is 19.0 Å². The van der Waals surface area contributed by atoms with Gasteiger partial charge in [0.05, 0.1) is 22.6 Å². The van der Waals surface area contributed by atoms with E-state index >= 15 is 4.39 Å². The fourth-order valence-corrected chi connectivity index (χ4v) is 4.85. The van der Waals surface area contributed by atoms with Crippen LogP contribution in [0.15, 0.2) is 41.3 Å². The first-order valence-electron chi connectivity index (χ1n) is 12.3. The number of anilines is 2. The molecule has 2 unspecified atom stereocenters.